The maximum Gasteiger partial charge on any atom is 0.320 e. The predicted octanol–water partition coefficient (Wildman–Crippen LogP) is -0.0930. The molecule has 0 aromatic carbocycles. The summed E-state index contributed by atoms with van der Waals surface area (Å²) in [7, 11) is 0. The zero-order valence-electron chi connectivity index (χ0n) is 13.9. The molecule has 1 aromatic rings. The summed E-state index contributed by atoms with van der Waals surface area (Å²) in [5.41, 5.74) is 0. The van der Waals surface area contributed by atoms with Crippen LogP contribution in [0.2, 0.25) is 0 Å². The van der Waals surface area contributed by atoms with Gasteiger partial charge in [0, 0.05) is 59.0 Å². The standard InChI is InChI=1S/C15H23N5O4/c1-12-16-17-13(24-12)2-3-14(21)18-4-6-19(7-5-18)15(22)20-8-10-23-11-9-20/h2-11H2,1H3. The second-order valence-electron chi connectivity index (χ2n) is 5.96. The van der Waals surface area contributed by atoms with Gasteiger partial charge in [-0.2, -0.15) is 0 Å². The number of urea groups is 1. The van der Waals surface area contributed by atoms with E-state index in [4.69, 9.17) is 9.15 Å². The number of amides is 3. The van der Waals surface area contributed by atoms with Gasteiger partial charge in [-0.1, -0.05) is 0 Å². The quantitative estimate of drug-likeness (QED) is 0.765. The molecule has 2 aliphatic heterocycles. The lowest BCUT2D eigenvalue weighted by Crippen LogP contribution is -2.55. The SMILES string of the molecule is Cc1nnc(CCC(=O)N2CCN(C(=O)N3CCOCC3)CC2)o1. The third-order valence-corrected chi connectivity index (χ3v) is 4.31. The van der Waals surface area contributed by atoms with Gasteiger partial charge in [-0.25, -0.2) is 4.79 Å². The second-order valence-corrected chi connectivity index (χ2v) is 5.96. The first kappa shape index (κ1) is 16.7. The van der Waals surface area contributed by atoms with Crippen molar-refractivity contribution in [1.29, 1.82) is 0 Å². The number of rotatable bonds is 3. The smallest absolute Gasteiger partial charge is 0.320 e. The van der Waals surface area contributed by atoms with Gasteiger partial charge < -0.3 is 23.9 Å². The molecule has 3 heterocycles. The molecule has 9 heteroatoms. The van der Waals surface area contributed by atoms with Gasteiger partial charge in [0.2, 0.25) is 17.7 Å². The lowest BCUT2D eigenvalue weighted by atomic mass is 10.2. The van der Waals surface area contributed by atoms with Crippen molar-refractivity contribution in [3.05, 3.63) is 11.8 Å². The minimum absolute atomic E-state index is 0.0479. The zero-order chi connectivity index (χ0) is 16.9. The van der Waals surface area contributed by atoms with Crippen LogP contribution in [0.4, 0.5) is 4.79 Å². The molecule has 1 aromatic heterocycles. The van der Waals surface area contributed by atoms with Gasteiger partial charge in [0.1, 0.15) is 0 Å². The van der Waals surface area contributed by atoms with Crippen LogP contribution in [-0.4, -0.2) is 89.3 Å². The van der Waals surface area contributed by atoms with Crippen LogP contribution in [0.25, 0.3) is 0 Å². The van der Waals surface area contributed by atoms with Gasteiger partial charge in [-0.3, -0.25) is 4.79 Å². The van der Waals surface area contributed by atoms with Crippen LogP contribution in [0.1, 0.15) is 18.2 Å². The predicted molar refractivity (Wildman–Crippen MR) is 83.3 cm³/mol. The molecule has 2 aliphatic rings. The van der Waals surface area contributed by atoms with Crippen LogP contribution in [0.5, 0.6) is 0 Å². The first-order valence-corrected chi connectivity index (χ1v) is 8.32. The number of aryl methyl sites for hydroxylation is 2. The molecule has 0 radical (unpaired) electrons. The number of ether oxygens (including phenoxy) is 1. The highest BCUT2D eigenvalue weighted by atomic mass is 16.5. The molecule has 0 N–H and O–H groups in total. The van der Waals surface area contributed by atoms with Crippen molar-refractivity contribution < 1.29 is 18.7 Å². The molecule has 0 saturated carbocycles. The highest BCUT2D eigenvalue weighted by Gasteiger charge is 2.28. The number of hydrogen-bond acceptors (Lipinski definition) is 6. The maximum absolute atomic E-state index is 12.4. The van der Waals surface area contributed by atoms with Gasteiger partial charge in [0.05, 0.1) is 13.2 Å². The Kier molecular flexibility index (Phi) is 5.29. The third kappa shape index (κ3) is 4.02. The van der Waals surface area contributed by atoms with E-state index >= 15 is 0 Å². The van der Waals surface area contributed by atoms with Crippen molar-refractivity contribution in [1.82, 2.24) is 24.9 Å². The fourth-order valence-corrected chi connectivity index (χ4v) is 2.91. The van der Waals surface area contributed by atoms with Crippen LogP contribution < -0.4 is 0 Å². The third-order valence-electron chi connectivity index (χ3n) is 4.31. The summed E-state index contributed by atoms with van der Waals surface area (Å²) >= 11 is 0. The number of aromatic nitrogens is 2. The van der Waals surface area contributed by atoms with Crippen molar-refractivity contribution >= 4 is 11.9 Å². The molecule has 9 nitrogen and oxygen atoms in total. The monoisotopic (exact) mass is 337 g/mol. The number of carbonyl (C=O) groups is 2. The van der Waals surface area contributed by atoms with E-state index < -0.39 is 0 Å². The highest BCUT2D eigenvalue weighted by molar-refractivity contribution is 5.78. The van der Waals surface area contributed by atoms with Crippen molar-refractivity contribution in [2.45, 2.75) is 19.8 Å². The molecular weight excluding hydrogens is 314 g/mol. The van der Waals surface area contributed by atoms with Gasteiger partial charge in [-0.15, -0.1) is 10.2 Å². The fraction of sp³-hybridized carbons (Fsp3) is 0.733. The van der Waals surface area contributed by atoms with E-state index in [9.17, 15) is 9.59 Å². The Labute approximate surface area is 140 Å². The van der Waals surface area contributed by atoms with Gasteiger partial charge in [0.25, 0.3) is 0 Å². The Morgan fingerprint density at radius 1 is 0.958 bits per heavy atom. The van der Waals surface area contributed by atoms with Gasteiger partial charge in [0.15, 0.2) is 0 Å². The number of hydrogen-bond donors (Lipinski definition) is 0. The fourth-order valence-electron chi connectivity index (χ4n) is 2.91. The number of piperazine rings is 1. The summed E-state index contributed by atoms with van der Waals surface area (Å²) in [4.78, 5) is 30.1. The highest BCUT2D eigenvalue weighted by Crippen LogP contribution is 2.10. The number of morpholine rings is 1. The molecule has 2 saturated heterocycles. The summed E-state index contributed by atoms with van der Waals surface area (Å²) in [5, 5.41) is 7.65. The second kappa shape index (κ2) is 7.61. The first-order chi connectivity index (χ1) is 11.6. The van der Waals surface area contributed by atoms with Crippen LogP contribution in [0, 0.1) is 6.92 Å². The summed E-state index contributed by atoms with van der Waals surface area (Å²) in [6.45, 7) is 6.48. The van der Waals surface area contributed by atoms with E-state index in [1.54, 1.807) is 11.8 Å². The first-order valence-electron chi connectivity index (χ1n) is 8.32. The minimum Gasteiger partial charge on any atom is -0.426 e. The molecule has 2 fully saturated rings. The van der Waals surface area contributed by atoms with Gasteiger partial charge in [-0.05, 0) is 0 Å². The van der Waals surface area contributed by atoms with Crippen molar-refractivity contribution in [2.75, 3.05) is 52.5 Å². The lowest BCUT2D eigenvalue weighted by molar-refractivity contribution is -0.132. The van der Waals surface area contributed by atoms with E-state index in [0.29, 0.717) is 77.1 Å². The molecule has 3 amide bonds. The Bertz CT molecular complexity index is 576. The molecule has 0 unspecified atom stereocenters. The number of carbonyl (C=O) groups excluding carboxylic acids is 2. The Balaban J connectivity index is 1.42. The van der Waals surface area contributed by atoms with E-state index in [0.717, 1.165) is 0 Å². The summed E-state index contributed by atoms with van der Waals surface area (Å²) in [5.74, 6) is 1.05. The largest absolute Gasteiger partial charge is 0.426 e. The van der Waals surface area contributed by atoms with Crippen LogP contribution in [0.15, 0.2) is 4.42 Å². The molecule has 3 rings (SSSR count). The van der Waals surface area contributed by atoms with Crippen LogP contribution >= 0.6 is 0 Å². The minimum atomic E-state index is 0.0479. The molecule has 132 valence electrons. The Morgan fingerprint density at radius 3 is 2.21 bits per heavy atom. The zero-order valence-corrected chi connectivity index (χ0v) is 13.9. The van der Waals surface area contributed by atoms with Crippen molar-refractivity contribution in [2.24, 2.45) is 0 Å². The molecule has 0 aliphatic carbocycles. The number of nitrogens with zero attached hydrogens (tertiary/aromatic N) is 5. The maximum atomic E-state index is 12.4. The average Bonchev–Trinajstić information content (AvgIpc) is 3.05. The van der Waals surface area contributed by atoms with E-state index in [2.05, 4.69) is 10.2 Å². The normalized spacial score (nSPS) is 18.8. The summed E-state index contributed by atoms with van der Waals surface area (Å²) < 4.78 is 10.5. The molecule has 0 bridgehead atoms. The van der Waals surface area contributed by atoms with Crippen LogP contribution in [-0.2, 0) is 16.0 Å². The molecule has 0 spiro atoms. The summed E-state index contributed by atoms with van der Waals surface area (Å²) in [6.07, 6.45) is 0.797. The van der Waals surface area contributed by atoms with Crippen molar-refractivity contribution in [3.63, 3.8) is 0 Å². The average molecular weight is 337 g/mol. The van der Waals surface area contributed by atoms with Crippen LogP contribution in [0.3, 0.4) is 0 Å². The topological polar surface area (TPSA) is 92.0 Å². The summed E-state index contributed by atoms with van der Waals surface area (Å²) in [6, 6.07) is 0.0479. The van der Waals surface area contributed by atoms with Crippen molar-refractivity contribution in [3.8, 4) is 0 Å². The lowest BCUT2D eigenvalue weighted by Gasteiger charge is -2.38. The van der Waals surface area contributed by atoms with E-state index in [1.807, 2.05) is 9.80 Å². The van der Waals surface area contributed by atoms with E-state index in [-0.39, 0.29) is 11.9 Å². The van der Waals surface area contributed by atoms with E-state index in [1.165, 1.54) is 0 Å². The Morgan fingerprint density at radius 2 is 1.58 bits per heavy atom. The molecule has 0 atom stereocenters. The molecular formula is C15H23N5O4. The Hall–Kier alpha value is -2.16. The van der Waals surface area contributed by atoms with Gasteiger partial charge >= 0.3 is 6.03 Å². The molecule has 24 heavy (non-hydrogen) atoms.